The van der Waals surface area contributed by atoms with Crippen molar-refractivity contribution in [3.8, 4) is 0 Å². The van der Waals surface area contributed by atoms with E-state index in [4.69, 9.17) is 0 Å². The summed E-state index contributed by atoms with van der Waals surface area (Å²) in [6.45, 7) is 5.46. The molecule has 20 heavy (non-hydrogen) atoms. The lowest BCUT2D eigenvalue weighted by Gasteiger charge is -2.10. The Kier molecular flexibility index (Phi) is 7.32. The van der Waals surface area contributed by atoms with Gasteiger partial charge in [-0.05, 0) is 38.5 Å². The van der Waals surface area contributed by atoms with Crippen LogP contribution < -0.4 is 10.6 Å². The highest BCUT2D eigenvalue weighted by Crippen LogP contribution is 2.10. The Hall–Kier alpha value is -1.91. The monoisotopic (exact) mass is 281 g/mol. The molecule has 0 amide bonds. The van der Waals surface area contributed by atoms with E-state index in [1.807, 2.05) is 26.0 Å². The maximum Gasteiger partial charge on any atom is 0.191 e. The minimum absolute atomic E-state index is 0.0997. The average molecular weight is 281 g/mol. The number of rotatable bonds is 6. The van der Waals surface area contributed by atoms with E-state index in [9.17, 15) is 8.78 Å². The van der Waals surface area contributed by atoms with E-state index in [1.165, 1.54) is 6.07 Å². The largest absolute Gasteiger partial charge is 0.357 e. The molecule has 0 aromatic heterocycles. The van der Waals surface area contributed by atoms with Crippen LogP contribution in [0.5, 0.6) is 0 Å². The molecule has 3 nitrogen and oxygen atoms in total. The number of hydrogen-bond donors (Lipinski definition) is 2. The summed E-state index contributed by atoms with van der Waals surface area (Å²) in [5.41, 5.74) is 0.246. The molecule has 0 radical (unpaired) electrons. The van der Waals surface area contributed by atoms with Gasteiger partial charge in [-0.25, -0.2) is 13.8 Å². The van der Waals surface area contributed by atoms with Gasteiger partial charge in [0, 0.05) is 18.7 Å². The molecule has 5 heteroatoms. The summed E-state index contributed by atoms with van der Waals surface area (Å²) in [4.78, 5) is 4.25. The van der Waals surface area contributed by atoms with Crippen LogP contribution in [0.25, 0.3) is 0 Å². The van der Waals surface area contributed by atoms with E-state index >= 15 is 0 Å². The predicted molar refractivity (Wildman–Crippen MR) is 78.6 cm³/mol. The number of halogens is 2. The van der Waals surface area contributed by atoms with Gasteiger partial charge in [-0.1, -0.05) is 12.2 Å². The number of hydrogen-bond acceptors (Lipinski definition) is 1. The molecular formula is C15H21F2N3. The molecule has 0 aliphatic rings. The average Bonchev–Trinajstić information content (AvgIpc) is 2.44. The van der Waals surface area contributed by atoms with E-state index < -0.39 is 11.6 Å². The van der Waals surface area contributed by atoms with Crippen molar-refractivity contribution in [2.24, 2.45) is 4.99 Å². The summed E-state index contributed by atoms with van der Waals surface area (Å²) in [6.07, 6.45) is 4.91. The van der Waals surface area contributed by atoms with Gasteiger partial charge < -0.3 is 10.6 Å². The molecule has 0 aliphatic heterocycles. The van der Waals surface area contributed by atoms with E-state index in [-0.39, 0.29) is 12.1 Å². The number of guanidine groups is 1. The fourth-order valence-corrected chi connectivity index (χ4v) is 1.61. The van der Waals surface area contributed by atoms with Crippen molar-refractivity contribution in [2.75, 3.05) is 13.1 Å². The van der Waals surface area contributed by atoms with Gasteiger partial charge in [0.05, 0.1) is 6.54 Å². The molecule has 1 rings (SSSR count). The quantitative estimate of drug-likeness (QED) is 0.364. The van der Waals surface area contributed by atoms with Crippen LogP contribution in [-0.4, -0.2) is 19.0 Å². The van der Waals surface area contributed by atoms with Crippen LogP contribution >= 0.6 is 0 Å². The third-order valence-electron chi connectivity index (χ3n) is 2.60. The zero-order chi connectivity index (χ0) is 14.8. The number of allylic oxidation sites excluding steroid dienone is 1. The highest BCUT2D eigenvalue weighted by molar-refractivity contribution is 5.79. The molecule has 0 spiro atoms. The summed E-state index contributed by atoms with van der Waals surface area (Å²) < 4.78 is 26.5. The molecule has 1 aromatic rings. The van der Waals surface area contributed by atoms with Crippen molar-refractivity contribution in [3.05, 3.63) is 47.5 Å². The lowest BCUT2D eigenvalue weighted by Crippen LogP contribution is -2.37. The van der Waals surface area contributed by atoms with Crippen LogP contribution in [0.1, 0.15) is 25.8 Å². The van der Waals surface area contributed by atoms with Crippen molar-refractivity contribution in [1.29, 1.82) is 0 Å². The third-order valence-corrected chi connectivity index (χ3v) is 2.60. The molecule has 0 bridgehead atoms. The summed E-state index contributed by atoms with van der Waals surface area (Å²) in [6, 6.07) is 3.39. The highest BCUT2D eigenvalue weighted by Gasteiger charge is 2.04. The van der Waals surface area contributed by atoms with Crippen LogP contribution in [0.3, 0.4) is 0 Å². The van der Waals surface area contributed by atoms with Crippen LogP contribution in [0.15, 0.2) is 35.3 Å². The molecule has 0 fully saturated rings. The summed E-state index contributed by atoms with van der Waals surface area (Å²) >= 11 is 0. The predicted octanol–water partition coefficient (Wildman–Crippen LogP) is 2.99. The minimum atomic E-state index is -0.456. The molecule has 0 heterocycles. The molecule has 0 atom stereocenters. The molecule has 0 aliphatic carbocycles. The Labute approximate surface area is 118 Å². The Morgan fingerprint density at radius 3 is 2.80 bits per heavy atom. The number of benzene rings is 1. The maximum absolute atomic E-state index is 13.5. The first-order valence-electron chi connectivity index (χ1n) is 6.74. The molecule has 1 aromatic carbocycles. The number of nitrogens with one attached hydrogen (secondary N) is 2. The molecule has 0 saturated carbocycles. The summed E-state index contributed by atoms with van der Waals surface area (Å²) in [5.74, 6) is -0.303. The second-order valence-electron chi connectivity index (χ2n) is 4.22. The van der Waals surface area contributed by atoms with Crippen molar-refractivity contribution < 1.29 is 8.78 Å². The minimum Gasteiger partial charge on any atom is -0.357 e. The highest BCUT2D eigenvalue weighted by atomic mass is 19.1. The summed E-state index contributed by atoms with van der Waals surface area (Å²) in [7, 11) is 0. The Morgan fingerprint density at radius 1 is 1.30 bits per heavy atom. The lowest BCUT2D eigenvalue weighted by atomic mass is 10.2. The molecule has 2 N–H and O–H groups in total. The van der Waals surface area contributed by atoms with Crippen molar-refractivity contribution >= 4 is 5.96 Å². The Morgan fingerprint density at radius 2 is 2.10 bits per heavy atom. The van der Waals surface area contributed by atoms with Gasteiger partial charge in [-0.2, -0.15) is 0 Å². The maximum atomic E-state index is 13.5. The van der Waals surface area contributed by atoms with Gasteiger partial charge in [0.25, 0.3) is 0 Å². The van der Waals surface area contributed by atoms with Gasteiger partial charge in [0.15, 0.2) is 5.96 Å². The molecule has 0 unspecified atom stereocenters. The lowest BCUT2D eigenvalue weighted by molar-refractivity contribution is 0.585. The zero-order valence-electron chi connectivity index (χ0n) is 11.9. The van der Waals surface area contributed by atoms with E-state index in [0.29, 0.717) is 12.5 Å². The van der Waals surface area contributed by atoms with Crippen LogP contribution in [-0.2, 0) is 6.54 Å². The topological polar surface area (TPSA) is 36.4 Å². The normalized spacial score (nSPS) is 11.9. The van der Waals surface area contributed by atoms with Crippen LogP contribution in [0.2, 0.25) is 0 Å². The third kappa shape index (κ3) is 5.82. The van der Waals surface area contributed by atoms with Gasteiger partial charge >= 0.3 is 0 Å². The first-order valence-corrected chi connectivity index (χ1v) is 6.74. The van der Waals surface area contributed by atoms with E-state index in [1.54, 1.807) is 0 Å². The van der Waals surface area contributed by atoms with Gasteiger partial charge in [0.2, 0.25) is 0 Å². The van der Waals surface area contributed by atoms with Crippen LogP contribution in [0, 0.1) is 11.6 Å². The zero-order valence-corrected chi connectivity index (χ0v) is 11.9. The number of nitrogens with zero attached hydrogens (tertiary/aromatic N) is 1. The first-order chi connectivity index (χ1) is 9.67. The first kappa shape index (κ1) is 16.1. The van der Waals surface area contributed by atoms with E-state index in [0.717, 1.165) is 25.1 Å². The summed E-state index contributed by atoms with van der Waals surface area (Å²) in [5, 5.41) is 6.19. The standard InChI is InChI=1S/C15H21F2N3/c1-3-5-6-9-19-15(18-4-2)20-11-12-10-13(16)7-8-14(12)17/h3,5,7-8,10H,4,6,9,11H2,1-2H3,(H2,18,19,20). The molecular weight excluding hydrogens is 260 g/mol. The number of aliphatic imine (C=N–C) groups is 1. The SMILES string of the molecule is CC=CCCNC(=NCc1cc(F)ccc1F)NCC. The molecule has 110 valence electrons. The van der Waals surface area contributed by atoms with Gasteiger partial charge in [-0.15, -0.1) is 0 Å². The second kappa shape index (κ2) is 9.07. The Balaban J connectivity index is 2.63. The van der Waals surface area contributed by atoms with Gasteiger partial charge in [0.1, 0.15) is 11.6 Å². The van der Waals surface area contributed by atoms with E-state index in [2.05, 4.69) is 15.6 Å². The fourth-order valence-electron chi connectivity index (χ4n) is 1.61. The fraction of sp³-hybridized carbons (Fsp3) is 0.400. The van der Waals surface area contributed by atoms with Crippen LogP contribution in [0.4, 0.5) is 8.78 Å². The smallest absolute Gasteiger partial charge is 0.191 e. The van der Waals surface area contributed by atoms with Crippen molar-refractivity contribution in [1.82, 2.24) is 10.6 Å². The Bertz CT molecular complexity index is 470. The van der Waals surface area contributed by atoms with Crippen molar-refractivity contribution in [3.63, 3.8) is 0 Å². The van der Waals surface area contributed by atoms with Gasteiger partial charge in [-0.3, -0.25) is 0 Å². The second-order valence-corrected chi connectivity index (χ2v) is 4.22. The van der Waals surface area contributed by atoms with Crippen molar-refractivity contribution in [2.45, 2.75) is 26.8 Å². The molecule has 0 saturated heterocycles.